The van der Waals surface area contributed by atoms with E-state index in [2.05, 4.69) is 4.98 Å². The summed E-state index contributed by atoms with van der Waals surface area (Å²) in [4.78, 5) is 9.76. The van der Waals surface area contributed by atoms with Crippen molar-refractivity contribution >= 4 is 11.0 Å². The highest BCUT2D eigenvalue weighted by molar-refractivity contribution is 5.98. The molecular weight excluding hydrogens is 815 g/mol. The summed E-state index contributed by atoms with van der Waals surface area (Å²) in [5.74, 6) is -1.94. The van der Waals surface area contributed by atoms with Crippen molar-refractivity contribution in [1.29, 1.82) is 0 Å². The highest BCUT2D eigenvalue weighted by atomic mass is 16.3. The SMILES string of the molecule is [2H]c1cc(C([2H])([2H])C(C)(C)C)cc([2H])c1-c1c([2H])cnc(-c2cc(-c3cccc4c3nc(-c3cc(C(C([2H])([2H])[2H])(C([2H])([2H])[2H])C([2H])([2H])[2H])cc(C(C([2H])([2H])[2H])(C([2H])([2H])[2H])C([2H])([2H])[2H])c3O)n4-c3ccc(C(C)(C)C)cc3-c3ccccc3)cc(C(C)(C)C)c2)c1[2H]. The quantitative estimate of drug-likeness (QED) is 0.173. The summed E-state index contributed by atoms with van der Waals surface area (Å²) >= 11 is 0. The van der Waals surface area contributed by atoms with Crippen LogP contribution in [0, 0.1) is 5.41 Å². The lowest BCUT2D eigenvalue weighted by Crippen LogP contribution is -2.17. The summed E-state index contributed by atoms with van der Waals surface area (Å²) < 4.78 is 215. The van der Waals surface area contributed by atoms with Crippen LogP contribution in [0.5, 0.6) is 5.75 Å². The number of imidazole rings is 1. The van der Waals surface area contributed by atoms with Gasteiger partial charge in [-0.05, 0) is 126 Å². The second kappa shape index (κ2) is 17.1. The van der Waals surface area contributed by atoms with Crippen molar-refractivity contribution in [2.75, 3.05) is 0 Å². The molecule has 0 aliphatic carbocycles. The lowest BCUT2D eigenvalue weighted by molar-refractivity contribution is 0.411. The Bertz CT molecular complexity index is 4030. The van der Waals surface area contributed by atoms with Gasteiger partial charge >= 0.3 is 0 Å². The molecule has 8 rings (SSSR count). The van der Waals surface area contributed by atoms with Gasteiger partial charge in [-0.2, -0.15) is 0 Å². The zero-order valence-corrected chi connectivity index (χ0v) is 39.3. The zero-order valence-electron chi connectivity index (χ0n) is 63.3. The van der Waals surface area contributed by atoms with Crippen LogP contribution < -0.4 is 0 Å². The van der Waals surface area contributed by atoms with Gasteiger partial charge in [0, 0.05) is 55.9 Å². The Labute approximate surface area is 434 Å². The third-order valence-electron chi connectivity index (χ3n) is 11.6. The van der Waals surface area contributed by atoms with E-state index in [-0.39, 0.29) is 74.9 Å². The van der Waals surface area contributed by atoms with Crippen molar-refractivity contribution < 1.29 is 38.0 Å². The first-order valence-corrected chi connectivity index (χ1v) is 22.0. The van der Waals surface area contributed by atoms with E-state index in [1.165, 1.54) is 22.9 Å². The Kier molecular flexibility index (Phi) is 6.58. The largest absolute Gasteiger partial charge is 0.507 e. The third kappa shape index (κ3) is 9.91. The maximum atomic E-state index is 13.1. The Morgan fingerprint density at radius 1 is 0.567 bits per heavy atom. The zero-order chi connectivity index (χ0) is 68.7. The minimum atomic E-state index is -4.21. The molecule has 1 N–H and O–H groups in total. The third-order valence-corrected chi connectivity index (χ3v) is 11.6. The molecule has 0 radical (unpaired) electrons. The smallest absolute Gasteiger partial charge is 0.149 e. The molecular formula is C63H71N3O. The van der Waals surface area contributed by atoms with Gasteiger partial charge in [-0.1, -0.05) is 188 Å². The van der Waals surface area contributed by atoms with Crippen LogP contribution in [0.3, 0.4) is 0 Å². The van der Waals surface area contributed by atoms with Gasteiger partial charge in [-0.15, -0.1) is 0 Å². The van der Waals surface area contributed by atoms with Gasteiger partial charge in [0.15, 0.2) is 0 Å². The van der Waals surface area contributed by atoms with Crippen molar-refractivity contribution in [2.24, 2.45) is 5.41 Å². The Morgan fingerprint density at radius 2 is 1.22 bits per heavy atom. The number of aromatic hydroxyl groups is 1. The van der Waals surface area contributed by atoms with Crippen LogP contribution in [0.1, 0.15) is 164 Å². The van der Waals surface area contributed by atoms with Gasteiger partial charge < -0.3 is 5.11 Å². The molecule has 0 amide bonds. The van der Waals surface area contributed by atoms with Gasteiger partial charge in [0.25, 0.3) is 0 Å². The highest BCUT2D eigenvalue weighted by Crippen LogP contribution is 2.46. The van der Waals surface area contributed by atoms with Gasteiger partial charge in [0.1, 0.15) is 11.6 Å². The van der Waals surface area contributed by atoms with Crippen LogP contribution >= 0.6 is 0 Å². The van der Waals surface area contributed by atoms with E-state index in [0.29, 0.717) is 33.9 Å². The first-order valence-electron chi connectivity index (χ1n) is 34.0. The molecule has 4 nitrogen and oxygen atoms in total. The monoisotopic (exact) mass is 910 g/mol. The maximum absolute atomic E-state index is 13.1. The standard InChI is InChI=1S/C63H71N3O/c1-59(2,3)39-40-24-26-41(27-25-40)43-30-31-64-53(35-43)45-32-44(33-47(34-45)61(7,8)9)49-22-19-23-55-56(49)65-58(51-37-48(62(10,11)12)38-52(57(51)67)63(13,14)15)66(55)54-29-28-46(60(4,5)6)36-50(54)42-20-17-16-18-21-42/h16-38,67H,39H2,1-15H3/i10D3,11D3,12D3,13D3,14D3,15D3,26D,27D,30D,35D,39D2. The van der Waals surface area contributed by atoms with Crippen molar-refractivity contribution in [3.63, 3.8) is 0 Å². The van der Waals surface area contributed by atoms with Crippen LogP contribution in [0.4, 0.5) is 0 Å². The van der Waals surface area contributed by atoms with Crippen LogP contribution in [-0.4, -0.2) is 19.6 Å². The van der Waals surface area contributed by atoms with Crippen LogP contribution in [0.25, 0.3) is 72.7 Å². The molecule has 4 heteroatoms. The minimum absolute atomic E-state index is 0.00727. The molecule has 67 heavy (non-hydrogen) atoms. The topological polar surface area (TPSA) is 50.9 Å². The molecule has 0 fully saturated rings. The van der Waals surface area contributed by atoms with Gasteiger partial charge in [-0.3, -0.25) is 9.55 Å². The molecule has 0 spiro atoms. The minimum Gasteiger partial charge on any atom is -0.507 e. The fourth-order valence-electron chi connectivity index (χ4n) is 8.13. The van der Waals surface area contributed by atoms with Crippen LogP contribution in [0.15, 0.2) is 140 Å². The number of nitrogens with zero attached hydrogens (tertiary/aromatic N) is 3. The number of pyridine rings is 1. The van der Waals surface area contributed by atoms with Crippen LogP contribution in [0.2, 0.25) is 0 Å². The molecule has 2 aromatic heterocycles. The van der Waals surface area contributed by atoms with E-state index in [1.807, 2.05) is 53.7 Å². The number of para-hydroxylation sites is 1. The number of fused-ring (bicyclic) bond motifs is 1. The van der Waals surface area contributed by atoms with Gasteiger partial charge in [0.05, 0.1) is 33.5 Å². The maximum Gasteiger partial charge on any atom is 0.149 e. The van der Waals surface area contributed by atoms with Gasteiger partial charge in [0.2, 0.25) is 0 Å². The fourth-order valence-corrected chi connectivity index (χ4v) is 8.13. The van der Waals surface area contributed by atoms with E-state index >= 15 is 0 Å². The van der Waals surface area contributed by atoms with Crippen molar-refractivity contribution in [1.82, 2.24) is 14.5 Å². The molecule has 0 unspecified atom stereocenters. The second-order valence-electron chi connectivity index (χ2n) is 20.3. The summed E-state index contributed by atoms with van der Waals surface area (Å²) in [7, 11) is 0. The molecule has 2 heterocycles. The summed E-state index contributed by atoms with van der Waals surface area (Å²) in [6.07, 6.45) is -0.799. The van der Waals surface area contributed by atoms with Crippen molar-refractivity contribution in [2.45, 2.75) is 131 Å². The first kappa shape index (κ1) is 25.8. The number of rotatable bonds is 7. The number of aromatic nitrogens is 3. The van der Waals surface area contributed by atoms with E-state index < -0.39 is 103 Å². The van der Waals surface area contributed by atoms with Gasteiger partial charge in [-0.25, -0.2) is 4.98 Å². The predicted molar refractivity (Wildman–Crippen MR) is 286 cm³/mol. The lowest BCUT2D eigenvalue weighted by atomic mass is 9.79. The summed E-state index contributed by atoms with van der Waals surface area (Å²) in [5.41, 5.74) is -10.3. The first-order chi connectivity index (χ1) is 41.2. The average Bonchev–Trinajstić information content (AvgIpc) is 1.14. The Morgan fingerprint density at radius 3 is 1.88 bits per heavy atom. The number of hydrogen-bond acceptors (Lipinski definition) is 3. The lowest BCUT2D eigenvalue weighted by Gasteiger charge is -2.28. The van der Waals surface area contributed by atoms with E-state index in [9.17, 15) is 6.48 Å². The van der Waals surface area contributed by atoms with E-state index in [1.54, 1.807) is 93.6 Å². The van der Waals surface area contributed by atoms with E-state index in [0.717, 1.165) is 5.56 Å². The molecule has 0 aliphatic heterocycles. The number of hydrogen-bond donors (Lipinski definition) is 1. The summed E-state index contributed by atoms with van der Waals surface area (Å²) in [6.45, 7) is -8.16. The molecule has 0 saturated heterocycles. The molecule has 8 aromatic rings. The highest BCUT2D eigenvalue weighted by Gasteiger charge is 2.30. The fraction of sp³-hybridized carbons (Fsp3) is 0.333. The Balaban J connectivity index is 1.60. The summed E-state index contributed by atoms with van der Waals surface area (Å²) in [5, 5.41) is 13.1. The number of benzene rings is 6. The predicted octanol–water partition coefficient (Wildman–Crippen LogP) is 17.2. The number of phenols is 1. The molecule has 0 aliphatic rings. The van der Waals surface area contributed by atoms with Crippen molar-refractivity contribution in [3.05, 3.63) is 167 Å². The summed E-state index contributed by atoms with van der Waals surface area (Å²) in [6, 6.07) is 26.7. The number of phenolic OH excluding ortho intramolecular Hbond substituents is 1. The Hall–Kier alpha value is -6.26. The van der Waals surface area contributed by atoms with Crippen molar-refractivity contribution in [3.8, 4) is 67.5 Å². The molecule has 0 atom stereocenters. The second-order valence-corrected chi connectivity index (χ2v) is 20.3. The average molecular weight is 910 g/mol. The van der Waals surface area contributed by atoms with Crippen LogP contribution in [-0.2, 0) is 28.0 Å². The normalized spacial score (nSPS) is 19.4. The molecule has 0 saturated carbocycles. The van der Waals surface area contributed by atoms with E-state index in [4.69, 9.17) is 36.5 Å². The molecule has 6 aromatic carbocycles. The molecule has 0 bridgehead atoms. The molecule has 344 valence electrons.